The summed E-state index contributed by atoms with van der Waals surface area (Å²) in [5.41, 5.74) is 8.82. The summed E-state index contributed by atoms with van der Waals surface area (Å²) in [7, 11) is 0. The summed E-state index contributed by atoms with van der Waals surface area (Å²) < 4.78 is 0. The van der Waals surface area contributed by atoms with Crippen molar-refractivity contribution in [3.8, 4) is 0 Å². The zero-order valence-corrected chi connectivity index (χ0v) is 12.8. The minimum absolute atomic E-state index is 0.0601. The molecule has 3 heteroatoms. The first-order valence-electron chi connectivity index (χ1n) is 7.82. The third-order valence-electron chi connectivity index (χ3n) is 4.41. The average Bonchev–Trinajstić information content (AvgIpc) is 2.66. The molecule has 1 aromatic carbocycles. The van der Waals surface area contributed by atoms with Crippen molar-refractivity contribution in [3.63, 3.8) is 0 Å². The lowest BCUT2D eigenvalue weighted by atomic mass is 9.96. The first kappa shape index (κ1) is 15.5. The molecule has 1 heterocycles. The number of hydrogen-bond acceptors (Lipinski definition) is 3. The SMILES string of the molecule is Cc1ccc(C(C(C)N)N2CCCCCC2CO)cc1. The van der Waals surface area contributed by atoms with Crippen molar-refractivity contribution < 1.29 is 5.11 Å². The Morgan fingerprint density at radius 3 is 2.55 bits per heavy atom. The van der Waals surface area contributed by atoms with Crippen LogP contribution in [0.1, 0.15) is 49.8 Å². The van der Waals surface area contributed by atoms with E-state index in [4.69, 9.17) is 5.73 Å². The van der Waals surface area contributed by atoms with Crippen LogP contribution in [0, 0.1) is 6.92 Å². The van der Waals surface area contributed by atoms with E-state index in [0.29, 0.717) is 0 Å². The predicted octanol–water partition coefficient (Wildman–Crippen LogP) is 2.62. The van der Waals surface area contributed by atoms with Gasteiger partial charge in [0.05, 0.1) is 6.61 Å². The largest absolute Gasteiger partial charge is 0.395 e. The Labute approximate surface area is 122 Å². The summed E-state index contributed by atoms with van der Waals surface area (Å²) in [6.45, 7) is 5.44. The molecule has 1 aliphatic heterocycles. The topological polar surface area (TPSA) is 49.5 Å². The molecule has 3 unspecified atom stereocenters. The van der Waals surface area contributed by atoms with Gasteiger partial charge in [-0.25, -0.2) is 0 Å². The molecule has 0 aromatic heterocycles. The summed E-state index contributed by atoms with van der Waals surface area (Å²) in [6, 6.07) is 9.17. The van der Waals surface area contributed by atoms with Crippen LogP contribution >= 0.6 is 0 Å². The van der Waals surface area contributed by atoms with Gasteiger partial charge in [0.1, 0.15) is 0 Å². The minimum Gasteiger partial charge on any atom is -0.395 e. The van der Waals surface area contributed by atoms with E-state index in [1.807, 2.05) is 0 Å². The molecule has 0 amide bonds. The Bertz CT molecular complexity index is 402. The maximum absolute atomic E-state index is 9.73. The molecule has 20 heavy (non-hydrogen) atoms. The van der Waals surface area contributed by atoms with Crippen molar-refractivity contribution in [3.05, 3.63) is 35.4 Å². The van der Waals surface area contributed by atoms with Gasteiger partial charge < -0.3 is 10.8 Å². The van der Waals surface area contributed by atoms with Gasteiger partial charge in [0.15, 0.2) is 0 Å². The van der Waals surface area contributed by atoms with E-state index in [9.17, 15) is 5.11 Å². The van der Waals surface area contributed by atoms with Gasteiger partial charge in [0.2, 0.25) is 0 Å². The maximum atomic E-state index is 9.73. The zero-order valence-electron chi connectivity index (χ0n) is 12.8. The van der Waals surface area contributed by atoms with E-state index in [1.165, 1.54) is 30.4 Å². The maximum Gasteiger partial charge on any atom is 0.0587 e. The van der Waals surface area contributed by atoms with E-state index in [1.54, 1.807) is 0 Å². The number of hydrogen-bond donors (Lipinski definition) is 2. The van der Waals surface area contributed by atoms with Gasteiger partial charge in [0.25, 0.3) is 0 Å². The van der Waals surface area contributed by atoms with Gasteiger partial charge in [-0.15, -0.1) is 0 Å². The van der Waals surface area contributed by atoms with Crippen LogP contribution in [0.2, 0.25) is 0 Å². The summed E-state index contributed by atoms with van der Waals surface area (Å²) in [5.74, 6) is 0. The quantitative estimate of drug-likeness (QED) is 0.889. The van der Waals surface area contributed by atoms with Crippen molar-refractivity contribution in [1.29, 1.82) is 0 Å². The fourth-order valence-corrected chi connectivity index (χ4v) is 3.32. The molecule has 3 N–H and O–H groups in total. The minimum atomic E-state index is 0.0601. The van der Waals surface area contributed by atoms with E-state index in [-0.39, 0.29) is 24.7 Å². The van der Waals surface area contributed by atoms with Gasteiger partial charge >= 0.3 is 0 Å². The van der Waals surface area contributed by atoms with Crippen molar-refractivity contribution in [1.82, 2.24) is 4.90 Å². The summed E-state index contributed by atoms with van der Waals surface area (Å²) in [5, 5.41) is 9.73. The molecule has 0 bridgehead atoms. The van der Waals surface area contributed by atoms with Gasteiger partial charge in [-0.3, -0.25) is 4.90 Å². The Balaban J connectivity index is 2.28. The predicted molar refractivity (Wildman–Crippen MR) is 83.6 cm³/mol. The Morgan fingerprint density at radius 1 is 1.25 bits per heavy atom. The van der Waals surface area contributed by atoms with Crippen molar-refractivity contribution >= 4 is 0 Å². The number of aliphatic hydroxyl groups is 1. The highest BCUT2D eigenvalue weighted by atomic mass is 16.3. The standard InChI is InChI=1S/C17H28N2O/c1-13-7-9-15(10-8-13)17(14(2)18)19-11-5-3-4-6-16(19)12-20/h7-10,14,16-17,20H,3-6,11-12,18H2,1-2H3. The molecule has 0 saturated carbocycles. The van der Waals surface area contributed by atoms with Gasteiger partial charge in [0, 0.05) is 18.1 Å². The number of likely N-dealkylation sites (tertiary alicyclic amines) is 1. The zero-order chi connectivity index (χ0) is 14.5. The lowest BCUT2D eigenvalue weighted by Crippen LogP contribution is -2.46. The molecule has 3 atom stereocenters. The Morgan fingerprint density at radius 2 is 1.95 bits per heavy atom. The van der Waals surface area contributed by atoms with Gasteiger partial charge in [-0.2, -0.15) is 0 Å². The molecule has 1 fully saturated rings. The van der Waals surface area contributed by atoms with Crippen LogP contribution in [0.5, 0.6) is 0 Å². The fraction of sp³-hybridized carbons (Fsp3) is 0.647. The highest BCUT2D eigenvalue weighted by Crippen LogP contribution is 2.30. The molecule has 3 nitrogen and oxygen atoms in total. The van der Waals surface area contributed by atoms with Crippen LogP contribution in [-0.4, -0.2) is 35.2 Å². The number of nitrogens with zero attached hydrogens (tertiary/aromatic N) is 1. The molecule has 0 spiro atoms. The Kier molecular flexibility index (Phi) is 5.58. The first-order valence-corrected chi connectivity index (χ1v) is 7.82. The highest BCUT2D eigenvalue weighted by Gasteiger charge is 2.30. The van der Waals surface area contributed by atoms with E-state index < -0.39 is 0 Å². The highest BCUT2D eigenvalue weighted by molar-refractivity contribution is 5.25. The van der Waals surface area contributed by atoms with E-state index in [0.717, 1.165) is 13.0 Å². The van der Waals surface area contributed by atoms with E-state index >= 15 is 0 Å². The number of nitrogens with two attached hydrogens (primary N) is 1. The Hall–Kier alpha value is -0.900. The molecule has 0 aliphatic carbocycles. The second-order valence-corrected chi connectivity index (χ2v) is 6.14. The second-order valence-electron chi connectivity index (χ2n) is 6.14. The smallest absolute Gasteiger partial charge is 0.0587 e. The number of aryl methyl sites for hydroxylation is 1. The first-order chi connectivity index (χ1) is 9.63. The normalized spacial score (nSPS) is 24.1. The summed E-state index contributed by atoms with van der Waals surface area (Å²) in [6.07, 6.45) is 4.74. The van der Waals surface area contributed by atoms with Crippen LogP contribution in [0.25, 0.3) is 0 Å². The number of benzene rings is 1. The van der Waals surface area contributed by atoms with Crippen molar-refractivity contribution in [2.75, 3.05) is 13.2 Å². The van der Waals surface area contributed by atoms with Crippen molar-refractivity contribution in [2.24, 2.45) is 5.73 Å². The van der Waals surface area contributed by atoms with Crippen LogP contribution in [0.15, 0.2) is 24.3 Å². The van der Waals surface area contributed by atoms with Crippen LogP contribution in [-0.2, 0) is 0 Å². The van der Waals surface area contributed by atoms with E-state index in [2.05, 4.69) is 43.0 Å². The molecular weight excluding hydrogens is 248 g/mol. The fourth-order valence-electron chi connectivity index (χ4n) is 3.32. The lowest BCUT2D eigenvalue weighted by molar-refractivity contribution is 0.0747. The van der Waals surface area contributed by atoms with Crippen molar-refractivity contribution in [2.45, 2.75) is 57.7 Å². The summed E-state index contributed by atoms with van der Waals surface area (Å²) in [4.78, 5) is 2.43. The molecule has 1 aromatic rings. The number of aliphatic hydroxyl groups excluding tert-OH is 1. The second kappa shape index (κ2) is 7.21. The lowest BCUT2D eigenvalue weighted by Gasteiger charge is -2.38. The van der Waals surface area contributed by atoms with Crippen LogP contribution in [0.3, 0.4) is 0 Å². The van der Waals surface area contributed by atoms with Gasteiger partial charge in [-0.1, -0.05) is 42.7 Å². The molecule has 2 rings (SSSR count). The molecular formula is C17H28N2O. The third-order valence-corrected chi connectivity index (χ3v) is 4.41. The third kappa shape index (κ3) is 3.60. The summed E-state index contributed by atoms with van der Waals surface area (Å²) >= 11 is 0. The van der Waals surface area contributed by atoms with Crippen LogP contribution < -0.4 is 5.73 Å². The molecule has 0 radical (unpaired) electrons. The van der Waals surface area contributed by atoms with Crippen LogP contribution in [0.4, 0.5) is 0 Å². The molecule has 1 saturated heterocycles. The monoisotopic (exact) mass is 276 g/mol. The number of rotatable bonds is 4. The molecule has 1 aliphatic rings. The van der Waals surface area contributed by atoms with Gasteiger partial charge in [-0.05, 0) is 38.8 Å². The average molecular weight is 276 g/mol. The molecule has 112 valence electrons.